The number of aliphatic carboxylic acids is 1. The molecule has 3 N–H and O–H groups in total. The number of carbonyl (C=O) groups is 3. The lowest BCUT2D eigenvalue weighted by Crippen LogP contribution is -2.49. The van der Waals surface area contributed by atoms with Gasteiger partial charge in [0.25, 0.3) is 0 Å². The van der Waals surface area contributed by atoms with Crippen molar-refractivity contribution in [2.75, 3.05) is 52.6 Å². The summed E-state index contributed by atoms with van der Waals surface area (Å²) in [7, 11) is 0. The first-order valence-corrected chi connectivity index (χ1v) is 13.0. The Bertz CT molecular complexity index is 948. The summed E-state index contributed by atoms with van der Waals surface area (Å²) < 4.78 is 11.0. The number of carboxylic acid groups (broad SMARTS) is 1. The van der Waals surface area contributed by atoms with Crippen molar-refractivity contribution in [2.24, 2.45) is 11.7 Å². The Hall–Kier alpha value is -2.85. The standard InChI is InChI=1S/C26H38N4O6/c1-2-3-10-28(12-5-9-27)24(32)16-30-14-19(18-7-8-21-22(13-18)36-17-35-21)25(26(33)34)20(30)15-29-11-4-6-23(29)31/h7-8,13,19-20,25H,2-6,9-12,14-17,27H2,1H3,(H,33,34)/t19-,20+,25-/m1/s1. The largest absolute Gasteiger partial charge is 0.481 e. The molecule has 1 aromatic carbocycles. The van der Waals surface area contributed by atoms with Crippen molar-refractivity contribution < 1.29 is 29.0 Å². The molecule has 198 valence electrons. The molecule has 3 heterocycles. The Morgan fingerprint density at radius 3 is 2.67 bits per heavy atom. The zero-order valence-corrected chi connectivity index (χ0v) is 21.1. The van der Waals surface area contributed by atoms with E-state index >= 15 is 0 Å². The molecule has 36 heavy (non-hydrogen) atoms. The minimum absolute atomic E-state index is 0.0230. The molecule has 2 fully saturated rings. The molecular formula is C26H38N4O6. The third-order valence-electron chi connectivity index (χ3n) is 7.54. The minimum atomic E-state index is -0.921. The average Bonchev–Trinajstić information content (AvgIpc) is 3.58. The molecule has 1 aromatic rings. The molecule has 0 aromatic heterocycles. The van der Waals surface area contributed by atoms with Crippen LogP contribution in [0.4, 0.5) is 0 Å². The van der Waals surface area contributed by atoms with Gasteiger partial charge < -0.3 is 30.1 Å². The van der Waals surface area contributed by atoms with E-state index < -0.39 is 17.9 Å². The maximum absolute atomic E-state index is 13.4. The Morgan fingerprint density at radius 2 is 1.97 bits per heavy atom. The SMILES string of the molecule is CCCCN(CCCN)C(=O)CN1C[C@H](c2ccc3c(c2)OCO3)[C@@H](C(=O)O)[C@@H]1CN1CCCC1=O. The Labute approximate surface area is 212 Å². The van der Waals surface area contributed by atoms with E-state index in [0.717, 1.165) is 31.2 Å². The number of nitrogens with zero attached hydrogens (tertiary/aromatic N) is 3. The van der Waals surface area contributed by atoms with E-state index in [9.17, 15) is 19.5 Å². The predicted octanol–water partition coefficient (Wildman–Crippen LogP) is 1.48. The highest BCUT2D eigenvalue weighted by molar-refractivity contribution is 5.80. The second-order valence-corrected chi connectivity index (χ2v) is 9.90. The molecule has 0 radical (unpaired) electrons. The highest BCUT2D eigenvalue weighted by Crippen LogP contribution is 2.42. The first kappa shape index (κ1) is 26.2. The van der Waals surface area contributed by atoms with Crippen LogP contribution in [0.2, 0.25) is 0 Å². The number of carbonyl (C=O) groups excluding carboxylic acids is 2. The van der Waals surface area contributed by atoms with Crippen molar-refractivity contribution in [1.29, 1.82) is 0 Å². The van der Waals surface area contributed by atoms with Crippen LogP contribution in [-0.2, 0) is 14.4 Å². The van der Waals surface area contributed by atoms with Crippen LogP contribution in [0.1, 0.15) is 50.5 Å². The van der Waals surface area contributed by atoms with E-state index in [1.54, 1.807) is 4.90 Å². The van der Waals surface area contributed by atoms with Gasteiger partial charge in [-0.05, 0) is 43.5 Å². The lowest BCUT2D eigenvalue weighted by Gasteiger charge is -2.32. The van der Waals surface area contributed by atoms with Crippen molar-refractivity contribution in [3.8, 4) is 11.5 Å². The number of unbranched alkanes of at least 4 members (excludes halogenated alkanes) is 1. The van der Waals surface area contributed by atoms with Crippen LogP contribution in [0.25, 0.3) is 0 Å². The van der Waals surface area contributed by atoms with Crippen molar-refractivity contribution in [3.05, 3.63) is 23.8 Å². The quantitative estimate of drug-likeness (QED) is 0.440. The van der Waals surface area contributed by atoms with E-state index in [-0.39, 0.29) is 31.1 Å². The number of likely N-dealkylation sites (tertiary alicyclic amines) is 2. The third-order valence-corrected chi connectivity index (χ3v) is 7.54. The van der Waals surface area contributed by atoms with Crippen LogP contribution in [-0.4, -0.2) is 96.2 Å². The van der Waals surface area contributed by atoms with Gasteiger partial charge in [0.05, 0.1) is 12.5 Å². The molecule has 3 aliphatic rings. The van der Waals surface area contributed by atoms with Gasteiger partial charge in [0.15, 0.2) is 11.5 Å². The van der Waals surface area contributed by atoms with Crippen LogP contribution in [0.15, 0.2) is 18.2 Å². The van der Waals surface area contributed by atoms with Gasteiger partial charge >= 0.3 is 5.97 Å². The Kier molecular flexibility index (Phi) is 8.68. The second-order valence-electron chi connectivity index (χ2n) is 9.90. The van der Waals surface area contributed by atoms with Crippen LogP contribution < -0.4 is 15.2 Å². The number of carboxylic acids is 1. The number of amides is 2. The lowest BCUT2D eigenvalue weighted by molar-refractivity contribution is -0.144. The molecule has 3 atom stereocenters. The summed E-state index contributed by atoms with van der Waals surface area (Å²) in [5, 5.41) is 10.3. The van der Waals surface area contributed by atoms with Crippen molar-refractivity contribution >= 4 is 17.8 Å². The zero-order chi connectivity index (χ0) is 25.7. The first-order chi connectivity index (χ1) is 17.4. The van der Waals surface area contributed by atoms with Gasteiger partial charge in [-0.1, -0.05) is 19.4 Å². The number of hydrogen-bond donors (Lipinski definition) is 2. The lowest BCUT2D eigenvalue weighted by atomic mass is 9.85. The molecule has 4 rings (SSSR count). The van der Waals surface area contributed by atoms with E-state index in [1.807, 2.05) is 28.0 Å². The number of nitrogens with two attached hydrogens (primary N) is 1. The van der Waals surface area contributed by atoms with E-state index in [2.05, 4.69) is 6.92 Å². The number of ether oxygens (including phenoxy) is 2. The molecule has 0 unspecified atom stereocenters. The van der Waals surface area contributed by atoms with Gasteiger partial charge in [-0.3, -0.25) is 19.3 Å². The number of rotatable bonds is 12. The highest BCUT2D eigenvalue weighted by atomic mass is 16.7. The van der Waals surface area contributed by atoms with Crippen LogP contribution in [0, 0.1) is 5.92 Å². The Morgan fingerprint density at radius 1 is 1.19 bits per heavy atom. The molecule has 0 saturated carbocycles. The van der Waals surface area contributed by atoms with Crippen LogP contribution >= 0.6 is 0 Å². The summed E-state index contributed by atoms with van der Waals surface area (Å²) in [6.07, 6.45) is 3.86. The average molecular weight is 503 g/mol. The fraction of sp³-hybridized carbons (Fsp3) is 0.654. The van der Waals surface area contributed by atoms with Gasteiger partial charge in [-0.15, -0.1) is 0 Å². The fourth-order valence-electron chi connectivity index (χ4n) is 5.59. The van der Waals surface area contributed by atoms with Crippen LogP contribution in [0.3, 0.4) is 0 Å². The highest BCUT2D eigenvalue weighted by Gasteiger charge is 2.48. The van der Waals surface area contributed by atoms with Gasteiger partial charge in [0.1, 0.15) is 0 Å². The summed E-state index contributed by atoms with van der Waals surface area (Å²) in [5.74, 6) is -0.767. The molecule has 2 saturated heterocycles. The molecule has 3 aliphatic heterocycles. The van der Waals surface area contributed by atoms with Crippen LogP contribution in [0.5, 0.6) is 11.5 Å². The van der Waals surface area contributed by atoms with E-state index in [1.165, 1.54) is 0 Å². The topological polar surface area (TPSA) is 126 Å². The number of benzene rings is 1. The summed E-state index contributed by atoms with van der Waals surface area (Å²) in [6, 6.07) is 5.07. The molecule has 2 amide bonds. The smallest absolute Gasteiger partial charge is 0.308 e. The summed E-state index contributed by atoms with van der Waals surface area (Å²) >= 11 is 0. The molecule has 0 aliphatic carbocycles. The summed E-state index contributed by atoms with van der Waals surface area (Å²) in [6.45, 7) is 5.44. The van der Waals surface area contributed by atoms with Gasteiger partial charge in [-0.25, -0.2) is 0 Å². The molecule has 10 nitrogen and oxygen atoms in total. The molecule has 0 spiro atoms. The van der Waals surface area contributed by atoms with Gasteiger partial charge in [0.2, 0.25) is 18.6 Å². The summed E-state index contributed by atoms with van der Waals surface area (Å²) in [4.78, 5) is 44.1. The van der Waals surface area contributed by atoms with Crippen molar-refractivity contribution in [3.63, 3.8) is 0 Å². The van der Waals surface area contributed by atoms with Gasteiger partial charge in [-0.2, -0.15) is 0 Å². The third kappa shape index (κ3) is 5.75. The number of fused-ring (bicyclic) bond motifs is 1. The predicted molar refractivity (Wildman–Crippen MR) is 133 cm³/mol. The van der Waals surface area contributed by atoms with Gasteiger partial charge in [0, 0.05) is 51.1 Å². The zero-order valence-electron chi connectivity index (χ0n) is 21.1. The van der Waals surface area contributed by atoms with Crippen molar-refractivity contribution in [1.82, 2.24) is 14.7 Å². The Balaban J connectivity index is 1.60. The maximum atomic E-state index is 13.4. The van der Waals surface area contributed by atoms with E-state index in [0.29, 0.717) is 57.2 Å². The first-order valence-electron chi connectivity index (χ1n) is 13.0. The summed E-state index contributed by atoms with van der Waals surface area (Å²) in [5.41, 5.74) is 6.54. The van der Waals surface area contributed by atoms with Crippen molar-refractivity contribution in [2.45, 2.75) is 51.0 Å². The maximum Gasteiger partial charge on any atom is 0.308 e. The van der Waals surface area contributed by atoms with E-state index in [4.69, 9.17) is 15.2 Å². The monoisotopic (exact) mass is 502 g/mol. The normalized spacial score (nSPS) is 23.4. The molecule has 10 heteroatoms. The fourth-order valence-corrected chi connectivity index (χ4v) is 5.59. The number of hydrogen-bond acceptors (Lipinski definition) is 7. The molecule has 0 bridgehead atoms. The second kappa shape index (κ2) is 11.9. The minimum Gasteiger partial charge on any atom is -0.481 e. The molecular weight excluding hydrogens is 464 g/mol.